The second-order valence-electron chi connectivity index (χ2n) is 7.21. The highest BCUT2D eigenvalue weighted by atomic mass is 16.5. The highest BCUT2D eigenvalue weighted by Gasteiger charge is 2.52. The summed E-state index contributed by atoms with van der Waals surface area (Å²) < 4.78 is 12.0. The zero-order valence-corrected chi connectivity index (χ0v) is 13.2. The highest BCUT2D eigenvalue weighted by molar-refractivity contribution is 5.13. The van der Waals surface area contributed by atoms with Crippen molar-refractivity contribution in [2.24, 2.45) is 11.8 Å². The summed E-state index contributed by atoms with van der Waals surface area (Å²) in [7, 11) is 0. The van der Waals surface area contributed by atoms with E-state index in [1.54, 1.807) is 0 Å². The van der Waals surface area contributed by atoms with Crippen molar-refractivity contribution in [1.29, 1.82) is 0 Å². The van der Waals surface area contributed by atoms with E-state index in [-0.39, 0.29) is 5.60 Å². The first kappa shape index (κ1) is 14.6. The molecule has 1 atom stereocenters. The predicted octanol–water partition coefficient (Wildman–Crippen LogP) is 2.49. The van der Waals surface area contributed by atoms with Gasteiger partial charge in [0.05, 0.1) is 5.60 Å². The molecular formula is C18H26N2O2. The summed E-state index contributed by atoms with van der Waals surface area (Å²) in [6.45, 7) is 5.98. The molecule has 3 heterocycles. The Kier molecular flexibility index (Phi) is 4.16. The summed E-state index contributed by atoms with van der Waals surface area (Å²) in [6, 6.07) is 4.20. The molecule has 1 spiro atoms. The van der Waals surface area contributed by atoms with Crippen LogP contribution in [0.5, 0.6) is 0 Å². The summed E-state index contributed by atoms with van der Waals surface area (Å²) in [5, 5.41) is 0. The predicted molar refractivity (Wildman–Crippen MR) is 84.5 cm³/mol. The quantitative estimate of drug-likeness (QED) is 0.725. The van der Waals surface area contributed by atoms with Crippen LogP contribution in [0.3, 0.4) is 0 Å². The first-order valence-corrected chi connectivity index (χ1v) is 8.67. The molecule has 3 fully saturated rings. The van der Waals surface area contributed by atoms with Crippen LogP contribution in [-0.2, 0) is 16.0 Å². The van der Waals surface area contributed by atoms with E-state index >= 15 is 0 Å². The van der Waals surface area contributed by atoms with Crippen molar-refractivity contribution in [2.45, 2.75) is 37.8 Å². The van der Waals surface area contributed by atoms with E-state index in [4.69, 9.17) is 9.47 Å². The minimum Gasteiger partial charge on any atom is -0.381 e. The van der Waals surface area contributed by atoms with Crippen LogP contribution in [0.25, 0.3) is 0 Å². The van der Waals surface area contributed by atoms with Gasteiger partial charge in [0.25, 0.3) is 0 Å². The van der Waals surface area contributed by atoms with Crippen LogP contribution in [0.15, 0.2) is 24.5 Å². The van der Waals surface area contributed by atoms with Gasteiger partial charge >= 0.3 is 0 Å². The van der Waals surface area contributed by atoms with E-state index in [2.05, 4.69) is 22.0 Å². The molecule has 0 aromatic carbocycles. The van der Waals surface area contributed by atoms with Gasteiger partial charge in [-0.3, -0.25) is 9.88 Å². The van der Waals surface area contributed by atoms with Crippen LogP contribution in [0.4, 0.5) is 0 Å². The summed E-state index contributed by atoms with van der Waals surface area (Å²) in [6.07, 6.45) is 8.86. The molecule has 0 radical (unpaired) electrons. The molecule has 1 aromatic heterocycles. The third-order valence-electron chi connectivity index (χ3n) is 5.40. The Morgan fingerprint density at radius 3 is 2.82 bits per heavy atom. The second kappa shape index (κ2) is 6.26. The number of hydrogen-bond donors (Lipinski definition) is 0. The third kappa shape index (κ3) is 3.19. The fraction of sp³-hybridized carbons (Fsp3) is 0.722. The Bertz CT molecular complexity index is 483. The SMILES string of the molecule is c1cc(CN2CC3(C2)OCC[C@H]3CCOCC2CC2)ccn1. The van der Waals surface area contributed by atoms with Crippen molar-refractivity contribution in [3.05, 3.63) is 30.1 Å². The zero-order chi connectivity index (χ0) is 14.8. The zero-order valence-electron chi connectivity index (χ0n) is 13.2. The number of rotatable bonds is 7. The van der Waals surface area contributed by atoms with Crippen LogP contribution in [0.1, 0.15) is 31.2 Å². The Labute approximate surface area is 132 Å². The molecule has 1 aliphatic carbocycles. The van der Waals surface area contributed by atoms with Gasteiger partial charge in [0.2, 0.25) is 0 Å². The monoisotopic (exact) mass is 302 g/mol. The lowest BCUT2D eigenvalue weighted by atomic mass is 9.79. The van der Waals surface area contributed by atoms with Gasteiger partial charge in [0, 0.05) is 51.8 Å². The van der Waals surface area contributed by atoms with E-state index in [1.165, 1.54) is 24.8 Å². The fourth-order valence-electron chi connectivity index (χ4n) is 3.87. The molecule has 2 aliphatic heterocycles. The smallest absolute Gasteiger partial charge is 0.0964 e. The highest BCUT2D eigenvalue weighted by Crippen LogP contribution is 2.42. The van der Waals surface area contributed by atoms with Crippen LogP contribution in [0, 0.1) is 11.8 Å². The van der Waals surface area contributed by atoms with Crippen molar-refractivity contribution >= 4 is 0 Å². The van der Waals surface area contributed by atoms with Crippen molar-refractivity contribution in [1.82, 2.24) is 9.88 Å². The molecule has 3 aliphatic rings. The number of nitrogens with zero attached hydrogens (tertiary/aromatic N) is 2. The van der Waals surface area contributed by atoms with Crippen LogP contribution in [-0.4, -0.2) is 48.4 Å². The van der Waals surface area contributed by atoms with Crippen molar-refractivity contribution < 1.29 is 9.47 Å². The molecule has 4 heteroatoms. The summed E-state index contributed by atoms with van der Waals surface area (Å²) in [5.74, 6) is 1.55. The number of aromatic nitrogens is 1. The molecule has 0 N–H and O–H groups in total. The molecule has 1 saturated carbocycles. The Hall–Kier alpha value is -0.970. The molecule has 0 amide bonds. The van der Waals surface area contributed by atoms with E-state index in [9.17, 15) is 0 Å². The van der Waals surface area contributed by atoms with Crippen LogP contribution >= 0.6 is 0 Å². The van der Waals surface area contributed by atoms with Crippen LogP contribution in [0.2, 0.25) is 0 Å². The molecule has 4 nitrogen and oxygen atoms in total. The van der Waals surface area contributed by atoms with Crippen molar-refractivity contribution in [3.8, 4) is 0 Å². The molecule has 0 bridgehead atoms. The van der Waals surface area contributed by atoms with Crippen molar-refractivity contribution in [2.75, 3.05) is 32.9 Å². The molecule has 22 heavy (non-hydrogen) atoms. The number of pyridine rings is 1. The largest absolute Gasteiger partial charge is 0.381 e. The molecule has 1 aromatic rings. The van der Waals surface area contributed by atoms with E-state index in [1.807, 2.05) is 12.4 Å². The lowest BCUT2D eigenvalue weighted by Gasteiger charge is -2.50. The minimum absolute atomic E-state index is 0.121. The number of hydrogen-bond acceptors (Lipinski definition) is 4. The second-order valence-corrected chi connectivity index (χ2v) is 7.21. The normalized spacial score (nSPS) is 27.2. The molecule has 120 valence electrons. The molecule has 0 unspecified atom stereocenters. The van der Waals surface area contributed by atoms with Crippen LogP contribution < -0.4 is 0 Å². The maximum atomic E-state index is 6.14. The van der Waals surface area contributed by atoms with Gasteiger partial charge in [0.1, 0.15) is 0 Å². The first-order chi connectivity index (χ1) is 10.8. The first-order valence-electron chi connectivity index (χ1n) is 8.67. The van der Waals surface area contributed by atoms with Gasteiger partial charge in [-0.2, -0.15) is 0 Å². The van der Waals surface area contributed by atoms with E-state index < -0.39 is 0 Å². The topological polar surface area (TPSA) is 34.6 Å². The number of likely N-dealkylation sites (tertiary alicyclic amines) is 1. The van der Waals surface area contributed by atoms with Gasteiger partial charge < -0.3 is 9.47 Å². The van der Waals surface area contributed by atoms with Gasteiger partial charge in [-0.25, -0.2) is 0 Å². The Morgan fingerprint density at radius 1 is 1.23 bits per heavy atom. The van der Waals surface area contributed by atoms with E-state index in [0.717, 1.165) is 51.8 Å². The van der Waals surface area contributed by atoms with Gasteiger partial charge in [-0.1, -0.05) is 0 Å². The average Bonchev–Trinajstić information content (AvgIpc) is 3.24. The lowest BCUT2D eigenvalue weighted by molar-refractivity contribution is -0.139. The maximum absolute atomic E-state index is 6.14. The van der Waals surface area contributed by atoms with E-state index in [0.29, 0.717) is 5.92 Å². The lowest BCUT2D eigenvalue weighted by Crippen LogP contribution is -2.64. The molecular weight excluding hydrogens is 276 g/mol. The Balaban J connectivity index is 1.23. The maximum Gasteiger partial charge on any atom is 0.0964 e. The average molecular weight is 302 g/mol. The summed E-state index contributed by atoms with van der Waals surface area (Å²) in [4.78, 5) is 6.57. The van der Waals surface area contributed by atoms with Gasteiger partial charge in [-0.15, -0.1) is 0 Å². The number of ether oxygens (including phenoxy) is 2. The fourth-order valence-corrected chi connectivity index (χ4v) is 3.87. The standard InChI is InChI=1S/C18H26N2O2/c1-2-16(1)12-21-9-5-17-6-10-22-18(17)13-20(14-18)11-15-3-7-19-8-4-15/h3-4,7-8,16-17H,1-2,5-6,9-14H2/t17-/m1/s1. The van der Waals surface area contributed by atoms with Gasteiger partial charge in [0.15, 0.2) is 0 Å². The Morgan fingerprint density at radius 2 is 2.05 bits per heavy atom. The molecule has 4 rings (SSSR count). The summed E-state index contributed by atoms with van der Waals surface area (Å²) in [5.41, 5.74) is 1.46. The minimum atomic E-state index is 0.121. The molecule has 2 saturated heterocycles. The van der Waals surface area contributed by atoms with Gasteiger partial charge in [-0.05, 0) is 55.2 Å². The third-order valence-corrected chi connectivity index (χ3v) is 5.40. The summed E-state index contributed by atoms with van der Waals surface area (Å²) >= 11 is 0. The van der Waals surface area contributed by atoms with Crippen molar-refractivity contribution in [3.63, 3.8) is 0 Å².